The van der Waals surface area contributed by atoms with E-state index in [2.05, 4.69) is 193 Å². The zero-order valence-electron chi connectivity index (χ0n) is 30.6. The van der Waals surface area contributed by atoms with Crippen molar-refractivity contribution in [1.82, 2.24) is 14.5 Å². The van der Waals surface area contributed by atoms with Crippen molar-refractivity contribution in [2.24, 2.45) is 0 Å². The van der Waals surface area contributed by atoms with Crippen molar-refractivity contribution in [3.63, 3.8) is 0 Å². The molecule has 260 valence electrons. The van der Waals surface area contributed by atoms with Crippen LogP contribution in [0.15, 0.2) is 182 Å². The van der Waals surface area contributed by atoms with Crippen LogP contribution in [0.2, 0.25) is 0 Å². The van der Waals surface area contributed by atoms with E-state index in [1.807, 2.05) is 12.3 Å². The molecule has 11 rings (SSSR count). The lowest BCUT2D eigenvalue weighted by atomic mass is 9.82. The van der Waals surface area contributed by atoms with Crippen molar-refractivity contribution in [1.29, 1.82) is 0 Å². The number of hydrogen-bond donors (Lipinski definition) is 0. The van der Waals surface area contributed by atoms with Crippen LogP contribution in [0.3, 0.4) is 0 Å². The van der Waals surface area contributed by atoms with Crippen LogP contribution >= 0.6 is 0 Å². The Bertz CT molecular complexity index is 2970. The summed E-state index contributed by atoms with van der Waals surface area (Å²) in [5.41, 5.74) is 19.5. The van der Waals surface area contributed by atoms with Crippen LogP contribution in [-0.4, -0.2) is 14.5 Å². The predicted molar refractivity (Wildman–Crippen MR) is 226 cm³/mol. The number of imidazole rings is 1. The summed E-state index contributed by atoms with van der Waals surface area (Å²) in [6.07, 6.45) is 1.89. The molecule has 0 amide bonds. The minimum absolute atomic E-state index is 0.0941. The molecule has 2 aromatic heterocycles. The number of pyridine rings is 1. The molecule has 0 spiro atoms. The first-order chi connectivity index (χ1) is 27.0. The molecule has 7 aromatic carbocycles. The van der Waals surface area contributed by atoms with Crippen molar-refractivity contribution < 1.29 is 0 Å². The van der Waals surface area contributed by atoms with E-state index in [-0.39, 0.29) is 5.41 Å². The van der Waals surface area contributed by atoms with Crippen molar-refractivity contribution in [2.45, 2.75) is 19.3 Å². The lowest BCUT2D eigenvalue weighted by molar-refractivity contribution is 0.660. The maximum atomic E-state index is 5.32. The lowest BCUT2D eigenvalue weighted by Crippen LogP contribution is -2.16. The molecule has 55 heavy (non-hydrogen) atoms. The molecule has 1 aliphatic carbocycles. The van der Waals surface area contributed by atoms with Gasteiger partial charge in [-0.1, -0.05) is 129 Å². The van der Waals surface area contributed by atoms with Gasteiger partial charge in [0.05, 0.1) is 22.4 Å². The number of benzene rings is 7. The standard InChI is InChI=1S/C51H36N4/c1-51(2)44-24-8-6-20-39(44)40-28-27-38(32-45(40)51)54(36-17-4-3-5-18-36)37-19-11-15-34(31-37)33-14-10-16-35(30-33)50-53-46-25-12-22-42-41-23-13-29-52-48(41)43-21-7-9-26-47(43)55(50)49(42)46/h3-32H,1-2H3. The molecule has 9 aromatic rings. The van der Waals surface area contributed by atoms with Gasteiger partial charge in [0, 0.05) is 50.9 Å². The number of anilines is 3. The van der Waals surface area contributed by atoms with Crippen LogP contribution in [0, 0.1) is 0 Å². The summed E-state index contributed by atoms with van der Waals surface area (Å²) in [6.45, 7) is 4.69. The second kappa shape index (κ2) is 12.0. The molecule has 1 aliphatic heterocycles. The van der Waals surface area contributed by atoms with Gasteiger partial charge in [0.15, 0.2) is 0 Å². The topological polar surface area (TPSA) is 34.0 Å². The normalized spacial score (nSPS) is 13.1. The van der Waals surface area contributed by atoms with E-state index in [1.54, 1.807) is 0 Å². The Morgan fingerprint density at radius 3 is 2.02 bits per heavy atom. The molecule has 0 saturated carbocycles. The van der Waals surface area contributed by atoms with Crippen LogP contribution in [-0.2, 0) is 5.41 Å². The number of hydrogen-bond acceptors (Lipinski definition) is 3. The van der Waals surface area contributed by atoms with Gasteiger partial charge in [0.2, 0.25) is 0 Å². The minimum Gasteiger partial charge on any atom is -0.310 e. The van der Waals surface area contributed by atoms with E-state index in [0.717, 1.165) is 78.7 Å². The van der Waals surface area contributed by atoms with E-state index >= 15 is 0 Å². The van der Waals surface area contributed by atoms with E-state index in [4.69, 9.17) is 9.97 Å². The highest BCUT2D eigenvalue weighted by molar-refractivity contribution is 6.03. The fraction of sp³-hybridized carbons (Fsp3) is 0.0588. The lowest BCUT2D eigenvalue weighted by Gasteiger charge is -2.28. The second-order valence-electron chi connectivity index (χ2n) is 15.1. The summed E-state index contributed by atoms with van der Waals surface area (Å²) < 4.78 is 2.34. The second-order valence-corrected chi connectivity index (χ2v) is 15.1. The molecule has 0 bridgehead atoms. The van der Waals surface area contributed by atoms with E-state index < -0.39 is 0 Å². The summed E-state index contributed by atoms with van der Waals surface area (Å²) in [5, 5.41) is 0. The maximum absolute atomic E-state index is 5.32. The number of fused-ring (bicyclic) bond motifs is 8. The largest absolute Gasteiger partial charge is 0.310 e. The Labute approximate surface area is 320 Å². The smallest absolute Gasteiger partial charge is 0.145 e. The molecule has 0 fully saturated rings. The van der Waals surface area contributed by atoms with Crippen molar-refractivity contribution >= 4 is 28.1 Å². The molecule has 4 nitrogen and oxygen atoms in total. The Balaban J connectivity index is 1.04. The average molecular weight is 705 g/mol. The van der Waals surface area contributed by atoms with Crippen molar-refractivity contribution in [3.05, 3.63) is 193 Å². The van der Waals surface area contributed by atoms with Gasteiger partial charge >= 0.3 is 0 Å². The molecular weight excluding hydrogens is 669 g/mol. The Hall–Kier alpha value is -7.04. The Morgan fingerprint density at radius 1 is 0.473 bits per heavy atom. The van der Waals surface area contributed by atoms with Crippen molar-refractivity contribution in [2.75, 3.05) is 4.90 Å². The fourth-order valence-electron chi connectivity index (χ4n) is 9.00. The molecule has 0 atom stereocenters. The maximum Gasteiger partial charge on any atom is 0.145 e. The van der Waals surface area contributed by atoms with Crippen LogP contribution < -0.4 is 4.90 Å². The van der Waals surface area contributed by atoms with Gasteiger partial charge in [-0.25, -0.2) is 4.98 Å². The van der Waals surface area contributed by atoms with Crippen molar-refractivity contribution in [3.8, 4) is 61.7 Å². The third-order valence-electron chi connectivity index (χ3n) is 11.6. The van der Waals surface area contributed by atoms with Gasteiger partial charge in [-0.2, -0.15) is 0 Å². The third kappa shape index (κ3) is 4.78. The van der Waals surface area contributed by atoms with Gasteiger partial charge in [-0.05, 0) is 94.0 Å². The minimum atomic E-state index is -0.0941. The third-order valence-corrected chi connectivity index (χ3v) is 11.6. The van der Waals surface area contributed by atoms with Crippen LogP contribution in [0.1, 0.15) is 25.0 Å². The zero-order valence-corrected chi connectivity index (χ0v) is 30.6. The Morgan fingerprint density at radius 2 is 1.13 bits per heavy atom. The predicted octanol–water partition coefficient (Wildman–Crippen LogP) is 13.2. The summed E-state index contributed by atoms with van der Waals surface area (Å²) in [7, 11) is 0. The highest BCUT2D eigenvalue weighted by atomic mass is 15.1. The first kappa shape index (κ1) is 31.5. The highest BCUT2D eigenvalue weighted by Gasteiger charge is 2.36. The first-order valence-corrected chi connectivity index (χ1v) is 18.9. The van der Waals surface area contributed by atoms with Gasteiger partial charge in [0.25, 0.3) is 0 Å². The van der Waals surface area contributed by atoms with Crippen LogP contribution in [0.4, 0.5) is 17.1 Å². The number of aromatic nitrogens is 3. The fourth-order valence-corrected chi connectivity index (χ4v) is 9.00. The number of nitrogens with zero attached hydrogens (tertiary/aromatic N) is 4. The molecule has 0 unspecified atom stereocenters. The molecule has 0 radical (unpaired) electrons. The van der Waals surface area contributed by atoms with Crippen LogP contribution in [0.5, 0.6) is 0 Å². The summed E-state index contributed by atoms with van der Waals surface area (Å²) in [6, 6.07) is 63.4. The monoisotopic (exact) mass is 704 g/mol. The SMILES string of the molecule is CC1(C)c2ccccc2-c2ccc(N(c3ccccc3)c3cccc(-c4cccc(-c5nc6cccc7c6n5-c5ccccc5-c5ncccc5-7)c4)c3)cc21. The van der Waals surface area contributed by atoms with Gasteiger partial charge in [-0.3, -0.25) is 9.55 Å². The van der Waals surface area contributed by atoms with E-state index in [1.165, 1.54) is 22.3 Å². The summed E-state index contributed by atoms with van der Waals surface area (Å²) in [5.74, 6) is 0.911. The number of para-hydroxylation sites is 3. The van der Waals surface area contributed by atoms with Gasteiger partial charge in [0.1, 0.15) is 5.82 Å². The molecule has 3 heterocycles. The van der Waals surface area contributed by atoms with E-state index in [0.29, 0.717) is 0 Å². The van der Waals surface area contributed by atoms with E-state index in [9.17, 15) is 0 Å². The zero-order chi connectivity index (χ0) is 36.7. The van der Waals surface area contributed by atoms with Gasteiger partial charge in [-0.15, -0.1) is 0 Å². The number of rotatable bonds is 5. The molecule has 2 aliphatic rings. The van der Waals surface area contributed by atoms with Gasteiger partial charge < -0.3 is 4.90 Å². The quantitative estimate of drug-likeness (QED) is 0.179. The average Bonchev–Trinajstić information content (AvgIpc) is 3.70. The summed E-state index contributed by atoms with van der Waals surface area (Å²) >= 11 is 0. The Kier molecular flexibility index (Phi) is 6.86. The molecule has 4 heteroatoms. The first-order valence-electron chi connectivity index (χ1n) is 18.9. The summed E-state index contributed by atoms with van der Waals surface area (Å²) in [4.78, 5) is 12.6. The molecular formula is C51H36N4. The van der Waals surface area contributed by atoms with Crippen LogP contribution in [0.25, 0.3) is 72.7 Å². The highest BCUT2D eigenvalue weighted by Crippen LogP contribution is 2.51. The molecule has 0 saturated heterocycles. The molecule has 0 N–H and O–H groups in total.